The minimum Gasteiger partial charge on any atom is -0.367 e. The molecule has 1 heteroatoms. The fourth-order valence-corrected chi connectivity index (χ4v) is 3.56. The van der Waals surface area contributed by atoms with Gasteiger partial charge in [0.15, 0.2) is 0 Å². The van der Waals surface area contributed by atoms with Crippen molar-refractivity contribution in [1.29, 1.82) is 0 Å². The largest absolute Gasteiger partial charge is 0.367 e. The molecule has 1 fully saturated rings. The summed E-state index contributed by atoms with van der Waals surface area (Å²) in [5.74, 6) is 1.23. The van der Waals surface area contributed by atoms with Gasteiger partial charge in [-0.15, -0.1) is 0 Å². The zero-order valence-electron chi connectivity index (χ0n) is 12.4. The van der Waals surface area contributed by atoms with Crippen LogP contribution in [0, 0.1) is 18.8 Å². The van der Waals surface area contributed by atoms with E-state index in [1.807, 2.05) is 0 Å². The predicted molar refractivity (Wildman–Crippen MR) is 79.1 cm³/mol. The summed E-state index contributed by atoms with van der Waals surface area (Å²) in [6.45, 7) is 8.91. The van der Waals surface area contributed by atoms with Gasteiger partial charge in [0, 0.05) is 5.92 Å². The Morgan fingerprint density at radius 3 is 2.47 bits per heavy atom. The molecule has 2 aliphatic rings. The van der Waals surface area contributed by atoms with Crippen LogP contribution in [0.25, 0.3) is 0 Å². The molecule has 0 saturated carbocycles. The number of ether oxygens (including phenoxy) is 1. The van der Waals surface area contributed by atoms with Crippen molar-refractivity contribution < 1.29 is 4.74 Å². The minimum absolute atomic E-state index is 0.0107. The first kappa shape index (κ1) is 12.9. The standard InChI is InChI=1S/C18H24O/c1-12-5-8-14(9-6-12)17-16-11-15(10-7-13(16)2)18(3,4)19-17/h5-9,15-17H,10-11H2,1-4H3/t15-,16-,17+/m1/s1. The highest BCUT2D eigenvalue weighted by molar-refractivity contribution is 5.28. The summed E-state index contributed by atoms with van der Waals surface area (Å²) in [4.78, 5) is 0. The molecule has 1 saturated heterocycles. The van der Waals surface area contributed by atoms with Crippen LogP contribution in [0.15, 0.2) is 35.9 Å². The Labute approximate surface area is 116 Å². The third-order valence-corrected chi connectivity index (χ3v) is 5.03. The molecule has 1 aromatic carbocycles. The fraction of sp³-hybridized carbons (Fsp3) is 0.556. The molecule has 0 radical (unpaired) electrons. The Morgan fingerprint density at radius 1 is 1.11 bits per heavy atom. The van der Waals surface area contributed by atoms with Crippen LogP contribution in [0.5, 0.6) is 0 Å². The molecule has 0 amide bonds. The maximum Gasteiger partial charge on any atom is 0.0897 e. The number of allylic oxidation sites excluding steroid dienone is 1. The Balaban J connectivity index is 1.97. The van der Waals surface area contributed by atoms with E-state index in [0.29, 0.717) is 11.8 Å². The Bertz CT molecular complexity index is 495. The van der Waals surface area contributed by atoms with Gasteiger partial charge in [-0.05, 0) is 52.0 Å². The first-order chi connectivity index (χ1) is 8.97. The first-order valence-electron chi connectivity index (χ1n) is 7.38. The zero-order valence-corrected chi connectivity index (χ0v) is 12.4. The monoisotopic (exact) mass is 256 g/mol. The molecule has 3 rings (SSSR count). The molecule has 1 aliphatic heterocycles. The van der Waals surface area contributed by atoms with Crippen molar-refractivity contribution in [2.75, 3.05) is 0 Å². The number of benzene rings is 1. The van der Waals surface area contributed by atoms with Crippen LogP contribution < -0.4 is 0 Å². The summed E-state index contributed by atoms with van der Waals surface area (Å²) in [7, 11) is 0. The zero-order chi connectivity index (χ0) is 13.6. The minimum atomic E-state index is -0.0107. The molecule has 102 valence electrons. The number of rotatable bonds is 1. The van der Waals surface area contributed by atoms with E-state index in [4.69, 9.17) is 4.74 Å². The van der Waals surface area contributed by atoms with E-state index < -0.39 is 0 Å². The average molecular weight is 256 g/mol. The Hall–Kier alpha value is -1.08. The third kappa shape index (κ3) is 2.25. The van der Waals surface area contributed by atoms with Crippen LogP contribution in [0.2, 0.25) is 0 Å². The quantitative estimate of drug-likeness (QED) is 0.655. The van der Waals surface area contributed by atoms with Gasteiger partial charge in [-0.1, -0.05) is 41.5 Å². The van der Waals surface area contributed by atoms with Crippen LogP contribution in [0.4, 0.5) is 0 Å². The molecule has 19 heavy (non-hydrogen) atoms. The number of aryl methyl sites for hydroxylation is 1. The van der Waals surface area contributed by atoms with E-state index in [-0.39, 0.29) is 11.7 Å². The number of fused-ring (bicyclic) bond motifs is 2. The topological polar surface area (TPSA) is 9.23 Å². The summed E-state index contributed by atoms with van der Waals surface area (Å²) in [5.41, 5.74) is 4.14. The van der Waals surface area contributed by atoms with Crippen molar-refractivity contribution in [3.8, 4) is 0 Å². The highest BCUT2D eigenvalue weighted by Crippen LogP contribution is 2.50. The Morgan fingerprint density at radius 2 is 1.79 bits per heavy atom. The van der Waals surface area contributed by atoms with E-state index in [1.165, 1.54) is 29.5 Å². The SMILES string of the molecule is CC1=CC[C@@H]2C[C@H]1[C@H](c1ccc(C)cc1)OC2(C)C. The molecule has 0 N–H and O–H groups in total. The molecule has 1 nitrogen and oxygen atoms in total. The lowest BCUT2D eigenvalue weighted by atomic mass is 9.69. The summed E-state index contributed by atoms with van der Waals surface area (Å²) < 4.78 is 6.50. The number of hydrogen-bond acceptors (Lipinski definition) is 1. The predicted octanol–water partition coefficient (Wildman–Crippen LogP) is 4.82. The van der Waals surface area contributed by atoms with Crippen molar-refractivity contribution in [3.63, 3.8) is 0 Å². The summed E-state index contributed by atoms with van der Waals surface area (Å²) in [6.07, 6.45) is 5.11. The molecule has 1 heterocycles. The maximum atomic E-state index is 6.50. The van der Waals surface area contributed by atoms with E-state index in [0.717, 1.165) is 0 Å². The van der Waals surface area contributed by atoms with Crippen molar-refractivity contribution in [1.82, 2.24) is 0 Å². The summed E-state index contributed by atoms with van der Waals surface area (Å²) >= 11 is 0. The average Bonchev–Trinajstić information content (AvgIpc) is 2.37. The van der Waals surface area contributed by atoms with E-state index in [9.17, 15) is 0 Å². The summed E-state index contributed by atoms with van der Waals surface area (Å²) in [5, 5.41) is 0. The molecule has 0 spiro atoms. The summed E-state index contributed by atoms with van der Waals surface area (Å²) in [6, 6.07) is 8.86. The van der Waals surface area contributed by atoms with Gasteiger partial charge in [-0.25, -0.2) is 0 Å². The van der Waals surface area contributed by atoms with Crippen molar-refractivity contribution >= 4 is 0 Å². The molecule has 1 aliphatic carbocycles. The van der Waals surface area contributed by atoms with Gasteiger partial charge in [0.25, 0.3) is 0 Å². The molecule has 2 bridgehead atoms. The lowest BCUT2D eigenvalue weighted by Crippen LogP contribution is -2.45. The van der Waals surface area contributed by atoms with Gasteiger partial charge in [0.1, 0.15) is 0 Å². The van der Waals surface area contributed by atoms with E-state index in [2.05, 4.69) is 58.0 Å². The highest BCUT2D eigenvalue weighted by Gasteiger charge is 2.45. The van der Waals surface area contributed by atoms with Gasteiger partial charge >= 0.3 is 0 Å². The fourth-order valence-electron chi connectivity index (χ4n) is 3.56. The third-order valence-electron chi connectivity index (χ3n) is 5.03. The van der Waals surface area contributed by atoms with Gasteiger partial charge in [0.2, 0.25) is 0 Å². The first-order valence-corrected chi connectivity index (χ1v) is 7.38. The lowest BCUT2D eigenvalue weighted by molar-refractivity contribution is -0.166. The second-order valence-corrected chi connectivity index (χ2v) is 6.78. The van der Waals surface area contributed by atoms with E-state index >= 15 is 0 Å². The lowest BCUT2D eigenvalue weighted by Gasteiger charge is -2.49. The Kier molecular flexibility index (Phi) is 3.05. The van der Waals surface area contributed by atoms with Gasteiger partial charge in [-0.2, -0.15) is 0 Å². The maximum absolute atomic E-state index is 6.50. The highest BCUT2D eigenvalue weighted by atomic mass is 16.5. The van der Waals surface area contributed by atoms with Gasteiger partial charge in [0.05, 0.1) is 11.7 Å². The molecule has 0 aromatic heterocycles. The van der Waals surface area contributed by atoms with Crippen LogP contribution in [-0.2, 0) is 4.74 Å². The van der Waals surface area contributed by atoms with Crippen LogP contribution in [0.3, 0.4) is 0 Å². The van der Waals surface area contributed by atoms with Crippen LogP contribution in [-0.4, -0.2) is 5.60 Å². The normalized spacial score (nSPS) is 32.8. The molecule has 0 unspecified atom stereocenters. The van der Waals surface area contributed by atoms with E-state index in [1.54, 1.807) is 0 Å². The van der Waals surface area contributed by atoms with Gasteiger partial charge in [-0.3, -0.25) is 0 Å². The molecular formula is C18H24O. The smallest absolute Gasteiger partial charge is 0.0897 e. The van der Waals surface area contributed by atoms with Crippen LogP contribution in [0.1, 0.15) is 50.8 Å². The van der Waals surface area contributed by atoms with Crippen molar-refractivity contribution in [2.45, 2.75) is 52.2 Å². The second kappa shape index (κ2) is 4.49. The number of hydrogen-bond donors (Lipinski definition) is 0. The van der Waals surface area contributed by atoms with Crippen molar-refractivity contribution in [3.05, 3.63) is 47.0 Å². The molecule has 3 atom stereocenters. The molecular weight excluding hydrogens is 232 g/mol. The molecule has 1 aromatic rings. The van der Waals surface area contributed by atoms with Crippen molar-refractivity contribution in [2.24, 2.45) is 11.8 Å². The second-order valence-electron chi connectivity index (χ2n) is 6.78. The van der Waals surface area contributed by atoms with Gasteiger partial charge < -0.3 is 4.74 Å². The van der Waals surface area contributed by atoms with Crippen LogP contribution >= 0.6 is 0 Å².